The van der Waals surface area contributed by atoms with Crippen LogP contribution < -0.4 is 5.32 Å². The molecule has 2 N–H and O–H groups in total. The molecule has 2 aliphatic heterocycles. The molecule has 2 heterocycles. The molecule has 2 aliphatic rings. The third-order valence-electron chi connectivity index (χ3n) is 7.51. The standard InChI is InChI=1S/C32H31ClFN5O4/c1-3-21(2)37-20-30(41)38-28(16-22-9-13-27(40)14-10-22)31(42)36(18-24-5-4-6-25(33)15-24)19-29(38)39(37)32(43)35-17-23-7-11-26(34)12-8-23/h3-15,28-29,40H,1-2,16-20H2,(H,35,43)/t28-,29-/m0/s1. The van der Waals surface area contributed by atoms with E-state index in [2.05, 4.69) is 18.5 Å². The molecule has 0 unspecified atom stereocenters. The number of nitrogens with zero attached hydrogens (tertiary/aromatic N) is 4. The number of urea groups is 1. The summed E-state index contributed by atoms with van der Waals surface area (Å²) < 4.78 is 13.4. The molecule has 9 nitrogen and oxygen atoms in total. The first kappa shape index (κ1) is 29.7. The maximum atomic E-state index is 14.0. The number of hydrazine groups is 1. The molecule has 43 heavy (non-hydrogen) atoms. The Balaban J connectivity index is 1.51. The van der Waals surface area contributed by atoms with Crippen molar-refractivity contribution in [3.63, 3.8) is 0 Å². The Bertz CT molecular complexity index is 1550. The topological polar surface area (TPSA) is 96.4 Å². The quantitative estimate of drug-likeness (QED) is 0.371. The zero-order chi connectivity index (χ0) is 30.7. The fourth-order valence-corrected chi connectivity index (χ4v) is 5.60. The lowest BCUT2D eigenvalue weighted by Gasteiger charge is -2.55. The van der Waals surface area contributed by atoms with Crippen LogP contribution >= 0.6 is 11.6 Å². The second-order valence-electron chi connectivity index (χ2n) is 10.4. The van der Waals surface area contributed by atoms with Gasteiger partial charge < -0.3 is 20.2 Å². The highest BCUT2D eigenvalue weighted by atomic mass is 35.5. The normalized spacial score (nSPS) is 18.4. The van der Waals surface area contributed by atoms with Crippen molar-refractivity contribution in [2.24, 2.45) is 0 Å². The van der Waals surface area contributed by atoms with Gasteiger partial charge in [0.15, 0.2) is 0 Å². The maximum absolute atomic E-state index is 14.0. The molecule has 0 bridgehead atoms. The number of piperazine rings is 1. The Morgan fingerprint density at radius 1 is 1.05 bits per heavy atom. The van der Waals surface area contributed by atoms with Crippen LogP contribution in [0.25, 0.3) is 0 Å². The Labute approximate surface area is 254 Å². The average Bonchev–Trinajstić information content (AvgIpc) is 2.99. The van der Waals surface area contributed by atoms with E-state index in [4.69, 9.17) is 11.6 Å². The smallest absolute Gasteiger partial charge is 0.338 e. The first-order valence-electron chi connectivity index (χ1n) is 13.7. The van der Waals surface area contributed by atoms with Gasteiger partial charge >= 0.3 is 6.03 Å². The van der Waals surface area contributed by atoms with Crippen LogP contribution in [0.5, 0.6) is 5.75 Å². The molecule has 4 amide bonds. The molecule has 5 rings (SSSR count). The number of halogens is 2. The third kappa shape index (κ3) is 6.49. The van der Waals surface area contributed by atoms with Gasteiger partial charge in [0, 0.05) is 24.5 Å². The Morgan fingerprint density at radius 3 is 2.42 bits per heavy atom. The largest absolute Gasteiger partial charge is 0.508 e. The highest BCUT2D eigenvalue weighted by molar-refractivity contribution is 6.30. The van der Waals surface area contributed by atoms with Gasteiger partial charge in [-0.1, -0.05) is 61.2 Å². The van der Waals surface area contributed by atoms with E-state index < -0.39 is 18.2 Å². The van der Waals surface area contributed by atoms with Crippen molar-refractivity contribution in [1.82, 2.24) is 25.1 Å². The van der Waals surface area contributed by atoms with Crippen LogP contribution in [0.3, 0.4) is 0 Å². The molecule has 0 saturated carbocycles. The lowest BCUT2D eigenvalue weighted by atomic mass is 9.98. The van der Waals surface area contributed by atoms with Gasteiger partial charge in [0.1, 0.15) is 30.3 Å². The molecule has 222 valence electrons. The van der Waals surface area contributed by atoms with Gasteiger partial charge in [-0.2, -0.15) is 0 Å². The number of hydrogen-bond donors (Lipinski definition) is 2. The molecule has 0 spiro atoms. The summed E-state index contributed by atoms with van der Waals surface area (Å²) in [6.45, 7) is 7.86. The van der Waals surface area contributed by atoms with Gasteiger partial charge in [0.2, 0.25) is 11.8 Å². The minimum Gasteiger partial charge on any atom is -0.508 e. The van der Waals surface area contributed by atoms with Crippen LogP contribution in [0.15, 0.2) is 97.7 Å². The Kier molecular flexibility index (Phi) is 8.68. The van der Waals surface area contributed by atoms with E-state index in [1.165, 1.54) is 45.3 Å². The molecule has 2 saturated heterocycles. The maximum Gasteiger partial charge on any atom is 0.338 e. The summed E-state index contributed by atoms with van der Waals surface area (Å²) in [5.74, 6) is -0.939. The summed E-state index contributed by atoms with van der Waals surface area (Å²) >= 11 is 6.22. The van der Waals surface area contributed by atoms with Crippen molar-refractivity contribution in [1.29, 1.82) is 0 Å². The first-order chi connectivity index (χ1) is 20.6. The summed E-state index contributed by atoms with van der Waals surface area (Å²) in [6, 6.07) is 17.9. The van der Waals surface area contributed by atoms with Crippen LogP contribution in [0.1, 0.15) is 16.7 Å². The molecule has 2 atom stereocenters. The van der Waals surface area contributed by atoms with E-state index in [9.17, 15) is 23.9 Å². The number of amides is 4. The highest BCUT2D eigenvalue weighted by Crippen LogP contribution is 2.31. The van der Waals surface area contributed by atoms with Gasteiger partial charge in [0.05, 0.1) is 12.2 Å². The van der Waals surface area contributed by atoms with E-state index >= 15 is 0 Å². The second-order valence-corrected chi connectivity index (χ2v) is 10.8. The zero-order valence-electron chi connectivity index (χ0n) is 23.3. The van der Waals surface area contributed by atoms with E-state index in [1.54, 1.807) is 47.4 Å². The van der Waals surface area contributed by atoms with Crippen LogP contribution in [-0.4, -0.2) is 68.1 Å². The van der Waals surface area contributed by atoms with Crippen molar-refractivity contribution in [2.75, 3.05) is 13.1 Å². The molecule has 3 aromatic rings. The minimum atomic E-state index is -0.929. The number of fused-ring (bicyclic) bond motifs is 1. The fourth-order valence-electron chi connectivity index (χ4n) is 5.38. The van der Waals surface area contributed by atoms with E-state index in [-0.39, 0.29) is 56.0 Å². The summed E-state index contributed by atoms with van der Waals surface area (Å²) in [6.07, 6.45) is 0.737. The third-order valence-corrected chi connectivity index (χ3v) is 7.75. The Morgan fingerprint density at radius 2 is 1.74 bits per heavy atom. The minimum absolute atomic E-state index is 0.0219. The second kappa shape index (κ2) is 12.6. The Hall–Kier alpha value is -4.83. The summed E-state index contributed by atoms with van der Waals surface area (Å²) in [7, 11) is 0. The number of nitrogens with one attached hydrogen (secondary N) is 1. The van der Waals surface area contributed by atoms with E-state index in [1.807, 2.05) is 6.07 Å². The number of allylic oxidation sites excluding steroid dienone is 1. The molecule has 11 heteroatoms. The number of hydrogen-bond acceptors (Lipinski definition) is 5. The highest BCUT2D eigenvalue weighted by Gasteiger charge is 2.51. The monoisotopic (exact) mass is 603 g/mol. The predicted octanol–water partition coefficient (Wildman–Crippen LogP) is 4.44. The van der Waals surface area contributed by atoms with Gasteiger partial charge in [0.25, 0.3) is 0 Å². The van der Waals surface area contributed by atoms with Crippen molar-refractivity contribution in [3.8, 4) is 5.75 Å². The van der Waals surface area contributed by atoms with Crippen molar-refractivity contribution >= 4 is 29.4 Å². The first-order valence-corrected chi connectivity index (χ1v) is 14.0. The van der Waals surface area contributed by atoms with Gasteiger partial charge in [-0.05, 0) is 59.2 Å². The van der Waals surface area contributed by atoms with Gasteiger partial charge in [-0.3, -0.25) is 14.6 Å². The molecule has 2 fully saturated rings. The van der Waals surface area contributed by atoms with Crippen LogP contribution in [0.2, 0.25) is 5.02 Å². The number of phenols is 1. The predicted molar refractivity (Wildman–Crippen MR) is 160 cm³/mol. The van der Waals surface area contributed by atoms with E-state index in [0.29, 0.717) is 16.3 Å². The van der Waals surface area contributed by atoms with Crippen molar-refractivity contribution < 1.29 is 23.9 Å². The van der Waals surface area contributed by atoms with Crippen molar-refractivity contribution in [2.45, 2.75) is 31.7 Å². The van der Waals surface area contributed by atoms with Crippen LogP contribution in [0, 0.1) is 5.82 Å². The van der Waals surface area contributed by atoms with Crippen LogP contribution in [0.4, 0.5) is 9.18 Å². The number of carbonyl (C=O) groups excluding carboxylic acids is 3. The van der Waals surface area contributed by atoms with Crippen LogP contribution in [-0.2, 0) is 29.1 Å². The summed E-state index contributed by atoms with van der Waals surface area (Å²) in [5, 5.41) is 16.0. The molecule has 0 radical (unpaired) electrons. The summed E-state index contributed by atoms with van der Waals surface area (Å²) in [4.78, 5) is 44.7. The lowest BCUT2D eigenvalue weighted by Crippen LogP contribution is -2.76. The average molecular weight is 604 g/mol. The molecular formula is C32H31ClFN5O4. The summed E-state index contributed by atoms with van der Waals surface area (Å²) in [5.41, 5.74) is 2.54. The zero-order valence-corrected chi connectivity index (χ0v) is 24.1. The SMILES string of the molecule is C=CC(=C)N1CC(=O)N2[C@@H](Cc3ccc(O)cc3)C(=O)N(Cc3cccc(Cl)c3)C[C@@H]2N1C(=O)NCc1ccc(F)cc1. The molecule has 3 aromatic carbocycles. The fraction of sp³-hybridized carbons (Fsp3) is 0.219. The lowest BCUT2D eigenvalue weighted by molar-refractivity contribution is -0.185. The number of phenolic OH excluding ortho intramolecular Hbond substituents is 1. The number of benzene rings is 3. The molecular weight excluding hydrogens is 573 g/mol. The van der Waals surface area contributed by atoms with Crippen molar-refractivity contribution in [3.05, 3.63) is 125 Å². The number of rotatable bonds is 8. The van der Waals surface area contributed by atoms with Gasteiger partial charge in [-0.25, -0.2) is 14.2 Å². The van der Waals surface area contributed by atoms with Gasteiger partial charge in [-0.15, -0.1) is 0 Å². The number of carbonyl (C=O) groups is 3. The number of aromatic hydroxyl groups is 1. The molecule has 0 aliphatic carbocycles. The molecule has 0 aromatic heterocycles. The van der Waals surface area contributed by atoms with E-state index in [0.717, 1.165) is 11.1 Å².